The smallest absolute Gasteiger partial charge is 0.0656 e. The van der Waals surface area contributed by atoms with Crippen molar-refractivity contribution in [3.05, 3.63) is 55.3 Å². The van der Waals surface area contributed by atoms with Gasteiger partial charge in [0.05, 0.1) is 8.93 Å². The van der Waals surface area contributed by atoms with Gasteiger partial charge in [-0.1, -0.05) is 45.0 Å². The molecule has 3 heteroatoms. The van der Waals surface area contributed by atoms with Crippen LogP contribution in [0.5, 0.6) is 0 Å². The van der Waals surface area contributed by atoms with E-state index in [-0.39, 0.29) is 0 Å². The Kier molecular flexibility index (Phi) is 5.42. The number of benzene rings is 1. The van der Waals surface area contributed by atoms with E-state index in [2.05, 4.69) is 84.4 Å². The quantitative estimate of drug-likeness (QED) is 0.700. The zero-order chi connectivity index (χ0) is 13.8. The molecule has 1 aromatic heterocycles. The number of hydrogen-bond donors (Lipinski definition) is 1. The molecular formula is C16H20INS. The molecule has 0 saturated heterocycles. The second-order valence-electron chi connectivity index (χ2n) is 5.00. The van der Waals surface area contributed by atoms with Gasteiger partial charge < -0.3 is 5.32 Å². The van der Waals surface area contributed by atoms with E-state index in [9.17, 15) is 0 Å². The van der Waals surface area contributed by atoms with Gasteiger partial charge in [0.1, 0.15) is 0 Å². The van der Waals surface area contributed by atoms with Crippen molar-refractivity contribution in [1.29, 1.82) is 0 Å². The molecule has 1 atom stereocenters. The molecule has 1 unspecified atom stereocenters. The Hall–Kier alpha value is -0.390. The topological polar surface area (TPSA) is 12.0 Å². The van der Waals surface area contributed by atoms with Gasteiger partial charge >= 0.3 is 0 Å². The van der Waals surface area contributed by atoms with Crippen LogP contribution in [0.25, 0.3) is 0 Å². The molecule has 0 saturated carbocycles. The lowest BCUT2D eigenvalue weighted by molar-refractivity contribution is 0.632. The minimum atomic E-state index is 0.311. The third-order valence-electron chi connectivity index (χ3n) is 3.27. The minimum absolute atomic E-state index is 0.311. The lowest BCUT2D eigenvalue weighted by Crippen LogP contribution is -2.21. The van der Waals surface area contributed by atoms with Gasteiger partial charge in [-0.25, -0.2) is 0 Å². The summed E-state index contributed by atoms with van der Waals surface area (Å²) in [7, 11) is 0. The van der Waals surface area contributed by atoms with Crippen LogP contribution in [0, 0.1) is 2.88 Å². The molecule has 1 N–H and O–H groups in total. The van der Waals surface area contributed by atoms with Gasteiger partial charge in [0.25, 0.3) is 0 Å². The van der Waals surface area contributed by atoms with Gasteiger partial charge in [-0.05, 0) is 63.2 Å². The molecule has 102 valence electrons. The highest BCUT2D eigenvalue weighted by Gasteiger charge is 2.14. The van der Waals surface area contributed by atoms with E-state index in [1.807, 2.05) is 11.3 Å². The first-order chi connectivity index (χ1) is 9.11. The maximum atomic E-state index is 3.58. The molecule has 1 heterocycles. The zero-order valence-electron chi connectivity index (χ0n) is 11.6. The van der Waals surface area contributed by atoms with Gasteiger partial charge in [0.15, 0.2) is 0 Å². The second-order valence-corrected chi connectivity index (χ2v) is 7.80. The zero-order valence-corrected chi connectivity index (χ0v) is 14.6. The Bertz CT molecular complexity index is 516. The van der Waals surface area contributed by atoms with Crippen LogP contribution in [0.15, 0.2) is 35.7 Å². The summed E-state index contributed by atoms with van der Waals surface area (Å²) in [5.74, 6) is 0.591. The molecule has 19 heavy (non-hydrogen) atoms. The Labute approximate surface area is 133 Å². The summed E-state index contributed by atoms with van der Waals surface area (Å²) in [6.45, 7) is 7.60. The first kappa shape index (κ1) is 15.0. The fraction of sp³-hybridized carbons (Fsp3) is 0.375. The van der Waals surface area contributed by atoms with Crippen LogP contribution >= 0.6 is 33.9 Å². The third-order valence-corrected chi connectivity index (χ3v) is 5.07. The SMILES string of the molecule is CCNC(c1ccc(C(C)C)cc1)c1csc(I)c1. The molecule has 2 rings (SSSR count). The summed E-state index contributed by atoms with van der Waals surface area (Å²) >= 11 is 4.19. The lowest BCUT2D eigenvalue weighted by Gasteiger charge is -2.18. The van der Waals surface area contributed by atoms with Crippen LogP contribution in [0.3, 0.4) is 0 Å². The van der Waals surface area contributed by atoms with Gasteiger partial charge in [0.2, 0.25) is 0 Å². The molecule has 0 bridgehead atoms. The average Bonchev–Trinajstić information content (AvgIpc) is 2.82. The first-order valence-corrected chi connectivity index (χ1v) is 8.64. The van der Waals surface area contributed by atoms with Crippen molar-refractivity contribution >= 4 is 33.9 Å². The van der Waals surface area contributed by atoms with Crippen molar-refractivity contribution in [2.45, 2.75) is 32.7 Å². The highest BCUT2D eigenvalue weighted by atomic mass is 127. The molecule has 0 fully saturated rings. The van der Waals surface area contributed by atoms with Gasteiger partial charge in [-0.3, -0.25) is 0 Å². The highest BCUT2D eigenvalue weighted by molar-refractivity contribution is 14.1. The number of hydrogen-bond acceptors (Lipinski definition) is 2. The predicted octanol–water partition coefficient (Wildman–Crippen LogP) is 5.18. The second kappa shape index (κ2) is 6.86. The van der Waals surface area contributed by atoms with E-state index < -0.39 is 0 Å². The molecular weight excluding hydrogens is 365 g/mol. The predicted molar refractivity (Wildman–Crippen MR) is 93.1 cm³/mol. The third kappa shape index (κ3) is 3.80. The normalized spacial score (nSPS) is 12.9. The summed E-state index contributed by atoms with van der Waals surface area (Å²) in [5, 5.41) is 5.84. The number of rotatable bonds is 5. The molecule has 2 aromatic rings. The Morgan fingerprint density at radius 3 is 2.21 bits per heavy atom. The Morgan fingerprint density at radius 2 is 1.74 bits per heavy atom. The fourth-order valence-electron chi connectivity index (χ4n) is 2.18. The van der Waals surface area contributed by atoms with E-state index in [1.54, 1.807) is 0 Å². The number of thiophene rings is 1. The van der Waals surface area contributed by atoms with Crippen LogP contribution in [-0.2, 0) is 0 Å². The fourth-order valence-corrected chi connectivity index (χ4v) is 3.58. The van der Waals surface area contributed by atoms with E-state index in [0.717, 1.165) is 6.54 Å². The van der Waals surface area contributed by atoms with Crippen LogP contribution < -0.4 is 5.32 Å². The van der Waals surface area contributed by atoms with E-state index in [0.29, 0.717) is 12.0 Å². The van der Waals surface area contributed by atoms with Crippen molar-refractivity contribution < 1.29 is 0 Å². The number of nitrogens with one attached hydrogen (secondary N) is 1. The standard InChI is InChI=1S/C16H20INS/c1-4-18-16(14-9-15(17)19-10-14)13-7-5-12(6-8-13)11(2)3/h5-11,16,18H,4H2,1-3H3. The van der Waals surface area contributed by atoms with Crippen LogP contribution in [0.2, 0.25) is 0 Å². The molecule has 0 spiro atoms. The molecule has 0 aliphatic carbocycles. The average molecular weight is 385 g/mol. The van der Waals surface area contributed by atoms with E-state index in [4.69, 9.17) is 0 Å². The Balaban J connectivity index is 2.28. The van der Waals surface area contributed by atoms with Crippen molar-refractivity contribution in [1.82, 2.24) is 5.32 Å². The van der Waals surface area contributed by atoms with E-state index in [1.165, 1.54) is 19.6 Å². The molecule has 1 nitrogen and oxygen atoms in total. The van der Waals surface area contributed by atoms with Crippen LogP contribution in [0.4, 0.5) is 0 Å². The van der Waals surface area contributed by atoms with E-state index >= 15 is 0 Å². The van der Waals surface area contributed by atoms with Crippen molar-refractivity contribution in [2.24, 2.45) is 0 Å². The molecule has 0 aliphatic rings. The maximum absolute atomic E-state index is 3.58. The minimum Gasteiger partial charge on any atom is -0.307 e. The van der Waals surface area contributed by atoms with Gasteiger partial charge in [0, 0.05) is 0 Å². The summed E-state index contributed by atoms with van der Waals surface area (Å²) < 4.78 is 1.34. The number of halogens is 1. The highest BCUT2D eigenvalue weighted by Crippen LogP contribution is 2.28. The van der Waals surface area contributed by atoms with Crippen molar-refractivity contribution in [2.75, 3.05) is 6.54 Å². The van der Waals surface area contributed by atoms with Gasteiger partial charge in [-0.2, -0.15) is 0 Å². The van der Waals surface area contributed by atoms with Gasteiger partial charge in [-0.15, -0.1) is 11.3 Å². The van der Waals surface area contributed by atoms with Crippen LogP contribution in [-0.4, -0.2) is 6.54 Å². The summed E-state index contributed by atoms with van der Waals surface area (Å²) in [4.78, 5) is 0. The largest absolute Gasteiger partial charge is 0.307 e. The lowest BCUT2D eigenvalue weighted by atomic mass is 9.96. The maximum Gasteiger partial charge on any atom is 0.0656 e. The molecule has 0 aliphatic heterocycles. The van der Waals surface area contributed by atoms with Crippen molar-refractivity contribution in [3.63, 3.8) is 0 Å². The van der Waals surface area contributed by atoms with Crippen molar-refractivity contribution in [3.8, 4) is 0 Å². The molecule has 0 radical (unpaired) electrons. The monoisotopic (exact) mass is 385 g/mol. The summed E-state index contributed by atoms with van der Waals surface area (Å²) in [5.41, 5.74) is 4.12. The molecule has 1 aromatic carbocycles. The van der Waals surface area contributed by atoms with Crippen LogP contribution in [0.1, 0.15) is 49.4 Å². The molecule has 0 amide bonds. The summed E-state index contributed by atoms with van der Waals surface area (Å²) in [6.07, 6.45) is 0. The first-order valence-electron chi connectivity index (χ1n) is 6.69. The summed E-state index contributed by atoms with van der Waals surface area (Å²) in [6, 6.07) is 11.6. The Morgan fingerprint density at radius 1 is 1.11 bits per heavy atom.